The van der Waals surface area contributed by atoms with Gasteiger partial charge < -0.3 is 11.1 Å². The highest BCUT2D eigenvalue weighted by Gasteiger charge is 2.11. The van der Waals surface area contributed by atoms with E-state index < -0.39 is 0 Å². The van der Waals surface area contributed by atoms with E-state index in [1.807, 2.05) is 44.2 Å². The van der Waals surface area contributed by atoms with E-state index >= 15 is 0 Å². The smallest absolute Gasteiger partial charge is 0.162 e. The number of nitrogens with two attached hydrogens (primary N) is 1. The van der Waals surface area contributed by atoms with Crippen molar-refractivity contribution >= 4 is 39.1 Å². The van der Waals surface area contributed by atoms with Crippen LogP contribution in [0.15, 0.2) is 42.7 Å². The fourth-order valence-electron chi connectivity index (χ4n) is 2.76. The molecule has 0 aliphatic rings. The van der Waals surface area contributed by atoms with Crippen molar-refractivity contribution in [2.24, 2.45) is 0 Å². The number of nitrogens with zero attached hydrogens (tertiary/aromatic N) is 4. The summed E-state index contributed by atoms with van der Waals surface area (Å²) in [5.41, 5.74) is 9.10. The number of hydrogen-bond donors (Lipinski definition) is 2. The number of nitrogens with one attached hydrogen (secondary N) is 1. The van der Waals surface area contributed by atoms with Crippen LogP contribution in [0, 0.1) is 13.8 Å². The molecule has 0 unspecified atom stereocenters. The maximum Gasteiger partial charge on any atom is 0.162 e. The third kappa shape index (κ3) is 2.38. The molecule has 0 atom stereocenters. The predicted octanol–water partition coefficient (Wildman–Crippen LogP) is 3.52. The van der Waals surface area contributed by atoms with Gasteiger partial charge in [-0.2, -0.15) is 0 Å². The van der Waals surface area contributed by atoms with Crippen molar-refractivity contribution in [2.45, 2.75) is 13.8 Å². The molecule has 0 amide bonds. The van der Waals surface area contributed by atoms with E-state index in [0.29, 0.717) is 17.5 Å². The van der Waals surface area contributed by atoms with Crippen LogP contribution in [0.2, 0.25) is 0 Å². The predicted molar refractivity (Wildman–Crippen MR) is 96.2 cm³/mol. The fraction of sp³-hybridized carbons (Fsp3) is 0.111. The second kappa shape index (κ2) is 5.42. The number of anilines is 3. The summed E-state index contributed by atoms with van der Waals surface area (Å²) >= 11 is 0. The highest BCUT2D eigenvalue weighted by molar-refractivity contribution is 6.00. The van der Waals surface area contributed by atoms with Gasteiger partial charge in [0.25, 0.3) is 0 Å². The first-order chi connectivity index (χ1) is 11.6. The molecule has 0 radical (unpaired) electrons. The first kappa shape index (κ1) is 14.3. The van der Waals surface area contributed by atoms with E-state index in [0.717, 1.165) is 32.8 Å². The molecule has 0 spiro atoms. The van der Waals surface area contributed by atoms with Crippen LogP contribution >= 0.6 is 0 Å². The Balaban J connectivity index is 1.90. The lowest BCUT2D eigenvalue weighted by atomic mass is 10.1. The average molecular weight is 316 g/mol. The minimum absolute atomic E-state index is 0.416. The molecular weight excluding hydrogens is 300 g/mol. The molecule has 24 heavy (non-hydrogen) atoms. The molecule has 4 aromatic rings. The van der Waals surface area contributed by atoms with Crippen LogP contribution in [0.25, 0.3) is 21.7 Å². The van der Waals surface area contributed by atoms with Crippen molar-refractivity contribution in [2.75, 3.05) is 11.1 Å². The van der Waals surface area contributed by atoms with Crippen molar-refractivity contribution in [3.63, 3.8) is 0 Å². The summed E-state index contributed by atoms with van der Waals surface area (Å²) in [6.07, 6.45) is 1.54. The molecule has 2 aromatic heterocycles. The van der Waals surface area contributed by atoms with Gasteiger partial charge in [0.1, 0.15) is 12.1 Å². The molecule has 3 N–H and O–H groups in total. The maximum atomic E-state index is 5.95. The van der Waals surface area contributed by atoms with E-state index in [1.54, 1.807) is 0 Å². The Morgan fingerprint density at radius 2 is 1.54 bits per heavy atom. The van der Waals surface area contributed by atoms with E-state index in [1.165, 1.54) is 6.33 Å². The molecule has 0 saturated carbocycles. The van der Waals surface area contributed by atoms with Gasteiger partial charge in [0.2, 0.25) is 0 Å². The number of hydrogen-bond acceptors (Lipinski definition) is 6. The highest BCUT2D eigenvalue weighted by atomic mass is 15.2. The zero-order valence-electron chi connectivity index (χ0n) is 13.4. The van der Waals surface area contributed by atoms with Gasteiger partial charge in [-0.25, -0.2) is 9.97 Å². The summed E-state index contributed by atoms with van der Waals surface area (Å²) in [5, 5.41) is 14.3. The van der Waals surface area contributed by atoms with Crippen molar-refractivity contribution < 1.29 is 0 Å². The topological polar surface area (TPSA) is 89.6 Å². The Hall–Kier alpha value is -3.28. The number of aryl methyl sites for hydroxylation is 2. The normalized spacial score (nSPS) is 11.1. The van der Waals surface area contributed by atoms with Crippen LogP contribution in [0.1, 0.15) is 11.1 Å². The quantitative estimate of drug-likeness (QED) is 0.588. The van der Waals surface area contributed by atoms with Crippen LogP contribution in [0.3, 0.4) is 0 Å². The Morgan fingerprint density at radius 1 is 0.792 bits per heavy atom. The number of benzene rings is 2. The Labute approximate surface area is 138 Å². The van der Waals surface area contributed by atoms with Gasteiger partial charge >= 0.3 is 0 Å². The Bertz CT molecular complexity index is 1070. The second-order valence-electron chi connectivity index (χ2n) is 5.85. The lowest BCUT2D eigenvalue weighted by molar-refractivity contribution is 1.06. The number of nitrogen functional groups attached to an aromatic ring is 1. The van der Waals surface area contributed by atoms with Gasteiger partial charge in [-0.3, -0.25) is 0 Å². The molecule has 0 aliphatic carbocycles. The van der Waals surface area contributed by atoms with Crippen LogP contribution in [0.4, 0.5) is 17.5 Å². The molecule has 0 saturated heterocycles. The summed E-state index contributed by atoms with van der Waals surface area (Å²) in [4.78, 5) is 8.68. The summed E-state index contributed by atoms with van der Waals surface area (Å²) < 4.78 is 0. The Kier molecular flexibility index (Phi) is 3.23. The third-order valence-electron chi connectivity index (χ3n) is 3.99. The molecule has 4 rings (SSSR count). The zero-order valence-corrected chi connectivity index (χ0v) is 13.4. The van der Waals surface area contributed by atoms with Gasteiger partial charge in [0.15, 0.2) is 11.6 Å². The van der Waals surface area contributed by atoms with E-state index in [2.05, 4.69) is 31.5 Å². The molecule has 6 heteroatoms. The lowest BCUT2D eigenvalue weighted by Crippen LogP contribution is -2.03. The van der Waals surface area contributed by atoms with Crippen LogP contribution in [0.5, 0.6) is 0 Å². The summed E-state index contributed by atoms with van der Waals surface area (Å²) in [7, 11) is 0. The number of aromatic nitrogens is 4. The summed E-state index contributed by atoms with van der Waals surface area (Å²) in [6, 6.07) is 12.1. The highest BCUT2D eigenvalue weighted by Crippen LogP contribution is 2.29. The zero-order chi connectivity index (χ0) is 16.7. The van der Waals surface area contributed by atoms with Crippen LogP contribution < -0.4 is 11.1 Å². The van der Waals surface area contributed by atoms with Crippen molar-refractivity contribution in [1.29, 1.82) is 0 Å². The molecule has 6 nitrogen and oxygen atoms in total. The monoisotopic (exact) mass is 316 g/mol. The van der Waals surface area contributed by atoms with Gasteiger partial charge in [-0.05, 0) is 32.0 Å². The molecule has 2 heterocycles. The molecule has 2 aromatic carbocycles. The van der Waals surface area contributed by atoms with E-state index in [4.69, 9.17) is 5.73 Å². The Morgan fingerprint density at radius 3 is 2.38 bits per heavy atom. The van der Waals surface area contributed by atoms with E-state index in [-0.39, 0.29) is 0 Å². The molecule has 0 bridgehead atoms. The fourth-order valence-corrected chi connectivity index (χ4v) is 2.76. The summed E-state index contributed by atoms with van der Waals surface area (Å²) in [6.45, 7) is 4.07. The lowest BCUT2D eigenvalue weighted by Gasteiger charge is -2.11. The van der Waals surface area contributed by atoms with Gasteiger partial charge in [0, 0.05) is 16.2 Å². The summed E-state index contributed by atoms with van der Waals surface area (Å²) in [5.74, 6) is 1.74. The first-order valence-electron chi connectivity index (χ1n) is 7.63. The number of rotatable bonds is 2. The third-order valence-corrected chi connectivity index (χ3v) is 3.99. The van der Waals surface area contributed by atoms with Gasteiger partial charge in [-0.1, -0.05) is 29.3 Å². The van der Waals surface area contributed by atoms with Gasteiger partial charge in [0.05, 0.1) is 5.52 Å². The van der Waals surface area contributed by atoms with Crippen molar-refractivity contribution in [3.8, 4) is 0 Å². The second-order valence-corrected chi connectivity index (χ2v) is 5.85. The van der Waals surface area contributed by atoms with Crippen molar-refractivity contribution in [1.82, 2.24) is 20.2 Å². The number of fused-ring (bicyclic) bond motifs is 2. The van der Waals surface area contributed by atoms with E-state index in [9.17, 15) is 0 Å². The maximum absolute atomic E-state index is 5.95. The molecular formula is C18H16N6. The van der Waals surface area contributed by atoms with Crippen LogP contribution in [-0.2, 0) is 0 Å². The minimum atomic E-state index is 0.416. The molecule has 118 valence electrons. The van der Waals surface area contributed by atoms with Crippen LogP contribution in [-0.4, -0.2) is 20.2 Å². The largest absolute Gasteiger partial charge is 0.382 e. The van der Waals surface area contributed by atoms with Gasteiger partial charge in [-0.15, -0.1) is 10.2 Å². The first-order valence-corrected chi connectivity index (χ1v) is 7.63. The van der Waals surface area contributed by atoms with Crippen molar-refractivity contribution in [3.05, 3.63) is 53.9 Å². The minimum Gasteiger partial charge on any atom is -0.382 e. The standard InChI is InChI=1S/C18H16N6/c1-10-3-5-12-13(7-10)18(24-23-16(12)19)22-17-14-8-11(2)4-6-15(14)20-9-21-17/h3-9H,1-2H3,(H2,19,23)(H,20,21,22,24). The molecule has 0 aliphatic heterocycles. The SMILES string of the molecule is Cc1ccc2ncnc(Nc3nnc(N)c4ccc(C)cc34)c2c1. The average Bonchev–Trinajstić information content (AvgIpc) is 2.58. The molecule has 0 fully saturated rings.